The molecule has 1 rings (SSSR count). The van der Waals surface area contributed by atoms with Gasteiger partial charge in [-0.3, -0.25) is 9.59 Å². The SMILES string of the molecule is CC(C)C(=O)[C@]1(C)CC[C@H](C(=O)O)C1(C)C. The van der Waals surface area contributed by atoms with Crippen LogP contribution in [0.3, 0.4) is 0 Å². The zero-order valence-corrected chi connectivity index (χ0v) is 10.8. The van der Waals surface area contributed by atoms with Crippen LogP contribution < -0.4 is 0 Å². The predicted molar refractivity (Wildman–Crippen MR) is 62.1 cm³/mol. The molecule has 0 aromatic carbocycles. The van der Waals surface area contributed by atoms with E-state index in [1.54, 1.807) is 0 Å². The molecule has 0 aromatic heterocycles. The molecule has 0 radical (unpaired) electrons. The Kier molecular flexibility index (Phi) is 3.19. The lowest BCUT2D eigenvalue weighted by Gasteiger charge is -2.40. The van der Waals surface area contributed by atoms with E-state index in [4.69, 9.17) is 0 Å². The molecule has 1 saturated carbocycles. The normalized spacial score (nSPS) is 33.0. The van der Waals surface area contributed by atoms with E-state index in [1.165, 1.54) is 0 Å². The molecule has 3 nitrogen and oxygen atoms in total. The monoisotopic (exact) mass is 226 g/mol. The summed E-state index contributed by atoms with van der Waals surface area (Å²) in [4.78, 5) is 23.4. The second-order valence-electron chi connectivity index (χ2n) is 6.00. The Morgan fingerprint density at radius 3 is 2.06 bits per heavy atom. The summed E-state index contributed by atoms with van der Waals surface area (Å²) >= 11 is 0. The lowest BCUT2D eigenvalue weighted by Crippen LogP contribution is -2.44. The minimum atomic E-state index is -0.773. The van der Waals surface area contributed by atoms with Crippen molar-refractivity contribution in [1.29, 1.82) is 0 Å². The summed E-state index contributed by atoms with van der Waals surface area (Å²) < 4.78 is 0. The molecule has 0 bridgehead atoms. The van der Waals surface area contributed by atoms with Gasteiger partial charge in [-0.1, -0.05) is 34.6 Å². The van der Waals surface area contributed by atoms with Crippen molar-refractivity contribution in [3.05, 3.63) is 0 Å². The Balaban J connectivity index is 3.09. The highest BCUT2D eigenvalue weighted by molar-refractivity contribution is 5.88. The average Bonchev–Trinajstić information content (AvgIpc) is 2.37. The summed E-state index contributed by atoms with van der Waals surface area (Å²) in [5.74, 6) is -1.01. The summed E-state index contributed by atoms with van der Waals surface area (Å²) in [6, 6.07) is 0. The van der Waals surface area contributed by atoms with Crippen LogP contribution in [0.5, 0.6) is 0 Å². The Morgan fingerprint density at radius 2 is 1.75 bits per heavy atom. The van der Waals surface area contributed by atoms with Crippen LogP contribution in [0.25, 0.3) is 0 Å². The summed E-state index contributed by atoms with van der Waals surface area (Å²) in [5, 5.41) is 9.19. The van der Waals surface area contributed by atoms with E-state index in [0.29, 0.717) is 12.8 Å². The highest BCUT2D eigenvalue weighted by atomic mass is 16.4. The van der Waals surface area contributed by atoms with Gasteiger partial charge < -0.3 is 5.11 Å². The van der Waals surface area contributed by atoms with Gasteiger partial charge in [-0.15, -0.1) is 0 Å². The van der Waals surface area contributed by atoms with E-state index < -0.39 is 22.7 Å². The topological polar surface area (TPSA) is 54.4 Å². The molecule has 1 N–H and O–H groups in total. The third-order valence-electron chi connectivity index (χ3n) is 4.59. The highest BCUT2D eigenvalue weighted by Crippen LogP contribution is 2.57. The van der Waals surface area contributed by atoms with Crippen LogP contribution in [0.2, 0.25) is 0 Å². The number of carbonyl (C=O) groups excluding carboxylic acids is 1. The zero-order chi connectivity index (χ0) is 12.7. The molecular weight excluding hydrogens is 204 g/mol. The van der Waals surface area contributed by atoms with E-state index in [1.807, 2.05) is 34.6 Å². The van der Waals surface area contributed by atoms with Crippen molar-refractivity contribution in [2.24, 2.45) is 22.7 Å². The van der Waals surface area contributed by atoms with Gasteiger partial charge in [0.25, 0.3) is 0 Å². The summed E-state index contributed by atoms with van der Waals surface area (Å²) in [6.07, 6.45) is 1.30. The second-order valence-corrected chi connectivity index (χ2v) is 6.00. The molecule has 0 saturated heterocycles. The molecule has 0 amide bonds. The van der Waals surface area contributed by atoms with E-state index in [9.17, 15) is 14.7 Å². The zero-order valence-electron chi connectivity index (χ0n) is 10.8. The predicted octanol–water partition coefficient (Wildman–Crippen LogP) is 2.74. The average molecular weight is 226 g/mol. The molecule has 92 valence electrons. The molecule has 0 aliphatic heterocycles. The van der Waals surface area contributed by atoms with Gasteiger partial charge in [0.15, 0.2) is 0 Å². The van der Waals surface area contributed by atoms with Gasteiger partial charge in [0, 0.05) is 11.3 Å². The Morgan fingerprint density at radius 1 is 1.25 bits per heavy atom. The number of Topliss-reactive ketones (excluding diaryl/α,β-unsaturated/α-hetero) is 1. The smallest absolute Gasteiger partial charge is 0.307 e. The Labute approximate surface area is 97.2 Å². The molecule has 3 heteroatoms. The lowest BCUT2D eigenvalue weighted by molar-refractivity contribution is -0.149. The van der Waals surface area contributed by atoms with Crippen molar-refractivity contribution in [2.45, 2.75) is 47.5 Å². The van der Waals surface area contributed by atoms with Gasteiger partial charge in [-0.25, -0.2) is 0 Å². The van der Waals surface area contributed by atoms with E-state index in [-0.39, 0.29) is 11.7 Å². The summed E-state index contributed by atoms with van der Waals surface area (Å²) in [7, 11) is 0. The van der Waals surface area contributed by atoms with E-state index >= 15 is 0 Å². The van der Waals surface area contributed by atoms with Crippen molar-refractivity contribution in [1.82, 2.24) is 0 Å². The van der Waals surface area contributed by atoms with Crippen LogP contribution in [-0.2, 0) is 9.59 Å². The second kappa shape index (κ2) is 3.86. The highest BCUT2D eigenvalue weighted by Gasteiger charge is 2.57. The van der Waals surface area contributed by atoms with Crippen LogP contribution in [0.4, 0.5) is 0 Å². The molecule has 1 aliphatic carbocycles. The van der Waals surface area contributed by atoms with Crippen LogP contribution in [-0.4, -0.2) is 16.9 Å². The number of ketones is 1. The minimum absolute atomic E-state index is 0.0307. The standard InChI is InChI=1S/C13H22O3/c1-8(2)10(14)13(5)7-6-9(11(15)16)12(13,3)4/h8-9H,6-7H2,1-5H3,(H,15,16)/t9-,13+/m1/s1. The first-order chi connectivity index (χ1) is 7.14. The van der Waals surface area contributed by atoms with E-state index in [0.717, 1.165) is 0 Å². The lowest BCUT2D eigenvalue weighted by atomic mass is 9.62. The summed E-state index contributed by atoms with van der Waals surface area (Å²) in [5.41, 5.74) is -0.954. The number of carboxylic acid groups (broad SMARTS) is 1. The van der Waals surface area contributed by atoms with Crippen molar-refractivity contribution < 1.29 is 14.7 Å². The van der Waals surface area contributed by atoms with Crippen LogP contribution in [0, 0.1) is 22.7 Å². The van der Waals surface area contributed by atoms with Crippen molar-refractivity contribution >= 4 is 11.8 Å². The van der Waals surface area contributed by atoms with Gasteiger partial charge in [0.2, 0.25) is 0 Å². The third kappa shape index (κ3) is 1.66. The molecule has 16 heavy (non-hydrogen) atoms. The first-order valence-electron chi connectivity index (χ1n) is 5.91. The van der Waals surface area contributed by atoms with Gasteiger partial charge >= 0.3 is 5.97 Å². The van der Waals surface area contributed by atoms with Crippen LogP contribution >= 0.6 is 0 Å². The minimum Gasteiger partial charge on any atom is -0.481 e. The third-order valence-corrected chi connectivity index (χ3v) is 4.59. The Hall–Kier alpha value is -0.860. The Bertz CT molecular complexity index is 317. The van der Waals surface area contributed by atoms with Crippen molar-refractivity contribution in [3.8, 4) is 0 Å². The molecular formula is C13H22O3. The molecule has 0 spiro atoms. The van der Waals surface area contributed by atoms with Crippen LogP contribution in [0.1, 0.15) is 47.5 Å². The number of carbonyl (C=O) groups is 2. The van der Waals surface area contributed by atoms with Gasteiger partial charge in [-0.05, 0) is 18.3 Å². The number of hydrogen-bond acceptors (Lipinski definition) is 2. The molecule has 1 aliphatic rings. The fraction of sp³-hybridized carbons (Fsp3) is 0.846. The number of carboxylic acids is 1. The molecule has 1 fully saturated rings. The maximum atomic E-state index is 12.3. The molecule has 0 unspecified atom stereocenters. The van der Waals surface area contributed by atoms with Gasteiger partial charge in [0.1, 0.15) is 5.78 Å². The summed E-state index contributed by atoms with van der Waals surface area (Å²) in [6.45, 7) is 9.53. The van der Waals surface area contributed by atoms with Gasteiger partial charge in [-0.2, -0.15) is 0 Å². The number of aliphatic carboxylic acids is 1. The maximum Gasteiger partial charge on any atom is 0.307 e. The quantitative estimate of drug-likeness (QED) is 0.805. The van der Waals surface area contributed by atoms with Crippen LogP contribution in [0.15, 0.2) is 0 Å². The first-order valence-corrected chi connectivity index (χ1v) is 5.91. The number of rotatable bonds is 3. The number of hydrogen-bond donors (Lipinski definition) is 1. The maximum absolute atomic E-state index is 12.3. The molecule has 0 aromatic rings. The largest absolute Gasteiger partial charge is 0.481 e. The van der Waals surface area contributed by atoms with Crippen molar-refractivity contribution in [3.63, 3.8) is 0 Å². The first kappa shape index (κ1) is 13.2. The van der Waals surface area contributed by atoms with Crippen molar-refractivity contribution in [2.75, 3.05) is 0 Å². The molecule has 2 atom stereocenters. The fourth-order valence-electron chi connectivity index (χ4n) is 3.01. The van der Waals surface area contributed by atoms with Gasteiger partial charge in [0.05, 0.1) is 5.92 Å². The molecule has 0 heterocycles. The van der Waals surface area contributed by atoms with E-state index in [2.05, 4.69) is 0 Å². The fourth-order valence-corrected chi connectivity index (χ4v) is 3.01.